The Morgan fingerprint density at radius 1 is 1.48 bits per heavy atom. The Bertz CT molecular complexity index is 642. The van der Waals surface area contributed by atoms with Crippen LogP contribution in [0.4, 0.5) is 10.9 Å². The predicted molar refractivity (Wildman–Crippen MR) is 87.9 cm³/mol. The van der Waals surface area contributed by atoms with E-state index >= 15 is 0 Å². The van der Waals surface area contributed by atoms with Crippen molar-refractivity contribution < 1.29 is 4.79 Å². The van der Waals surface area contributed by atoms with Gasteiger partial charge in [-0.15, -0.1) is 0 Å². The van der Waals surface area contributed by atoms with Gasteiger partial charge in [0, 0.05) is 17.6 Å². The molecule has 1 aromatic heterocycles. The van der Waals surface area contributed by atoms with E-state index in [-0.39, 0.29) is 17.8 Å². The summed E-state index contributed by atoms with van der Waals surface area (Å²) >= 11 is 7.15. The van der Waals surface area contributed by atoms with E-state index in [9.17, 15) is 4.79 Å². The number of anilines is 2. The lowest BCUT2D eigenvalue weighted by molar-refractivity contribution is 0.0955. The first kappa shape index (κ1) is 15.6. The van der Waals surface area contributed by atoms with Crippen LogP contribution >= 0.6 is 22.9 Å². The van der Waals surface area contributed by atoms with Gasteiger partial charge in [-0.25, -0.2) is 4.98 Å². The molecule has 0 bridgehead atoms. The summed E-state index contributed by atoms with van der Waals surface area (Å²) in [7, 11) is 0. The van der Waals surface area contributed by atoms with Gasteiger partial charge in [0.05, 0.1) is 0 Å². The third-order valence-electron chi connectivity index (χ3n) is 2.61. The molecule has 0 saturated carbocycles. The van der Waals surface area contributed by atoms with E-state index in [2.05, 4.69) is 15.6 Å². The Morgan fingerprint density at radius 2 is 2.24 bits per heavy atom. The average Bonchev–Trinajstić information content (AvgIpc) is 2.76. The SMILES string of the molecule is CC(C)Nc1nc(N)c(C(=O)NCc2cccc(Cl)c2)s1. The fraction of sp³-hybridized carbons (Fsp3) is 0.286. The summed E-state index contributed by atoms with van der Waals surface area (Å²) < 4.78 is 0. The minimum Gasteiger partial charge on any atom is -0.382 e. The van der Waals surface area contributed by atoms with Gasteiger partial charge in [-0.3, -0.25) is 4.79 Å². The number of nitrogen functional groups attached to an aromatic ring is 1. The largest absolute Gasteiger partial charge is 0.382 e. The zero-order valence-corrected chi connectivity index (χ0v) is 13.4. The molecule has 1 aromatic carbocycles. The smallest absolute Gasteiger partial charge is 0.265 e. The Labute approximate surface area is 132 Å². The second kappa shape index (κ2) is 6.78. The third kappa shape index (κ3) is 4.34. The minimum atomic E-state index is -0.234. The van der Waals surface area contributed by atoms with Crippen molar-refractivity contribution in [2.45, 2.75) is 26.4 Å². The fourth-order valence-electron chi connectivity index (χ4n) is 1.71. The molecule has 0 spiro atoms. The maximum Gasteiger partial charge on any atom is 0.265 e. The van der Waals surface area contributed by atoms with Crippen molar-refractivity contribution in [2.75, 3.05) is 11.1 Å². The van der Waals surface area contributed by atoms with Gasteiger partial charge >= 0.3 is 0 Å². The first-order chi connectivity index (χ1) is 9.95. The number of nitrogens with one attached hydrogen (secondary N) is 2. The van der Waals surface area contributed by atoms with Gasteiger partial charge in [0.25, 0.3) is 5.91 Å². The predicted octanol–water partition coefficient (Wildman–Crippen LogP) is 3.13. The van der Waals surface area contributed by atoms with Crippen molar-refractivity contribution in [1.29, 1.82) is 0 Å². The van der Waals surface area contributed by atoms with Gasteiger partial charge in [0.1, 0.15) is 10.7 Å². The van der Waals surface area contributed by atoms with E-state index in [0.29, 0.717) is 21.6 Å². The van der Waals surface area contributed by atoms with E-state index in [1.165, 1.54) is 11.3 Å². The van der Waals surface area contributed by atoms with E-state index < -0.39 is 0 Å². The molecule has 0 aliphatic rings. The number of amides is 1. The second-order valence-electron chi connectivity index (χ2n) is 4.85. The molecule has 0 saturated heterocycles. The first-order valence-corrected chi connectivity index (χ1v) is 7.70. The van der Waals surface area contributed by atoms with Crippen LogP contribution in [0.3, 0.4) is 0 Å². The van der Waals surface area contributed by atoms with Crippen molar-refractivity contribution in [1.82, 2.24) is 10.3 Å². The summed E-state index contributed by atoms with van der Waals surface area (Å²) in [5.41, 5.74) is 6.72. The molecular formula is C14H17ClN4OS. The molecule has 21 heavy (non-hydrogen) atoms. The molecule has 7 heteroatoms. The number of halogens is 1. The van der Waals surface area contributed by atoms with Crippen LogP contribution in [-0.4, -0.2) is 16.9 Å². The zero-order valence-electron chi connectivity index (χ0n) is 11.8. The van der Waals surface area contributed by atoms with Crippen LogP contribution in [0.1, 0.15) is 29.1 Å². The molecule has 0 radical (unpaired) electrons. The third-order valence-corrected chi connectivity index (χ3v) is 3.85. The molecule has 0 fully saturated rings. The highest BCUT2D eigenvalue weighted by atomic mass is 35.5. The summed E-state index contributed by atoms with van der Waals surface area (Å²) in [6, 6.07) is 7.57. The number of carbonyl (C=O) groups excluding carboxylic acids is 1. The van der Waals surface area contributed by atoms with E-state index in [0.717, 1.165) is 5.56 Å². The van der Waals surface area contributed by atoms with Gasteiger partial charge in [-0.2, -0.15) is 0 Å². The van der Waals surface area contributed by atoms with Crippen molar-refractivity contribution in [3.63, 3.8) is 0 Å². The first-order valence-electron chi connectivity index (χ1n) is 6.51. The Morgan fingerprint density at radius 3 is 2.90 bits per heavy atom. The summed E-state index contributed by atoms with van der Waals surface area (Å²) in [6.07, 6.45) is 0. The molecule has 0 aliphatic heterocycles. The maximum atomic E-state index is 12.1. The van der Waals surface area contributed by atoms with Crippen molar-refractivity contribution in [3.05, 3.63) is 39.7 Å². The molecule has 4 N–H and O–H groups in total. The lowest BCUT2D eigenvalue weighted by atomic mass is 10.2. The van der Waals surface area contributed by atoms with Gasteiger partial charge in [-0.1, -0.05) is 35.1 Å². The standard InChI is InChI=1S/C14H17ClN4OS/c1-8(2)18-14-19-12(16)11(21-14)13(20)17-7-9-4-3-5-10(15)6-9/h3-6,8H,7,16H2,1-2H3,(H,17,20)(H,18,19). The molecule has 112 valence electrons. The van der Waals surface area contributed by atoms with Gasteiger partial charge in [0.15, 0.2) is 5.13 Å². The average molecular weight is 325 g/mol. The minimum absolute atomic E-state index is 0.234. The number of carbonyl (C=O) groups is 1. The molecule has 2 aromatic rings. The van der Waals surface area contributed by atoms with Crippen LogP contribution in [0.2, 0.25) is 5.02 Å². The van der Waals surface area contributed by atoms with Crippen LogP contribution in [0.5, 0.6) is 0 Å². The number of benzene rings is 1. The van der Waals surface area contributed by atoms with E-state index in [1.807, 2.05) is 32.0 Å². The number of nitrogens with zero attached hydrogens (tertiary/aromatic N) is 1. The molecule has 1 heterocycles. The maximum absolute atomic E-state index is 12.1. The number of nitrogens with two attached hydrogens (primary N) is 1. The molecule has 0 aliphatic carbocycles. The topological polar surface area (TPSA) is 80.0 Å². The fourth-order valence-corrected chi connectivity index (χ4v) is 2.87. The van der Waals surface area contributed by atoms with Crippen LogP contribution < -0.4 is 16.4 Å². The van der Waals surface area contributed by atoms with Crippen molar-refractivity contribution in [3.8, 4) is 0 Å². The summed E-state index contributed by atoms with van der Waals surface area (Å²) in [4.78, 5) is 16.7. The number of aromatic nitrogens is 1. The Kier molecular flexibility index (Phi) is 5.03. The lowest BCUT2D eigenvalue weighted by Crippen LogP contribution is -2.22. The Balaban J connectivity index is 2.01. The zero-order chi connectivity index (χ0) is 15.4. The van der Waals surface area contributed by atoms with Crippen LogP contribution in [-0.2, 0) is 6.54 Å². The highest BCUT2D eigenvalue weighted by Crippen LogP contribution is 2.25. The number of hydrogen-bond acceptors (Lipinski definition) is 5. The molecule has 0 atom stereocenters. The van der Waals surface area contributed by atoms with E-state index in [4.69, 9.17) is 17.3 Å². The van der Waals surface area contributed by atoms with Gasteiger partial charge in [0.2, 0.25) is 0 Å². The number of thiazole rings is 1. The van der Waals surface area contributed by atoms with Gasteiger partial charge < -0.3 is 16.4 Å². The van der Waals surface area contributed by atoms with Crippen molar-refractivity contribution >= 4 is 39.8 Å². The normalized spacial score (nSPS) is 10.7. The molecular weight excluding hydrogens is 308 g/mol. The Hall–Kier alpha value is -1.79. The quantitative estimate of drug-likeness (QED) is 0.789. The summed E-state index contributed by atoms with van der Waals surface area (Å²) in [5, 5.41) is 7.24. The van der Waals surface area contributed by atoms with Crippen molar-refractivity contribution in [2.24, 2.45) is 0 Å². The monoisotopic (exact) mass is 324 g/mol. The van der Waals surface area contributed by atoms with Crippen LogP contribution in [0.25, 0.3) is 0 Å². The molecule has 0 unspecified atom stereocenters. The molecule has 1 amide bonds. The summed E-state index contributed by atoms with van der Waals surface area (Å²) in [6.45, 7) is 4.39. The van der Waals surface area contributed by atoms with E-state index in [1.54, 1.807) is 6.07 Å². The second-order valence-corrected chi connectivity index (χ2v) is 6.28. The van der Waals surface area contributed by atoms with Crippen LogP contribution in [0, 0.1) is 0 Å². The molecule has 5 nitrogen and oxygen atoms in total. The lowest BCUT2D eigenvalue weighted by Gasteiger charge is -2.05. The van der Waals surface area contributed by atoms with Gasteiger partial charge in [-0.05, 0) is 31.5 Å². The number of hydrogen-bond donors (Lipinski definition) is 3. The highest BCUT2D eigenvalue weighted by molar-refractivity contribution is 7.18. The number of rotatable bonds is 5. The highest BCUT2D eigenvalue weighted by Gasteiger charge is 2.16. The van der Waals surface area contributed by atoms with Crippen LogP contribution in [0.15, 0.2) is 24.3 Å². The molecule has 2 rings (SSSR count). The summed E-state index contributed by atoms with van der Waals surface area (Å²) in [5.74, 6) is 0.00789.